The van der Waals surface area contributed by atoms with Crippen LogP contribution in [0.2, 0.25) is 0 Å². The van der Waals surface area contributed by atoms with Gasteiger partial charge in [0.15, 0.2) is 0 Å². The van der Waals surface area contributed by atoms with Gasteiger partial charge < -0.3 is 15.0 Å². The van der Waals surface area contributed by atoms with Gasteiger partial charge in [0.2, 0.25) is 0 Å². The van der Waals surface area contributed by atoms with Crippen LogP contribution in [-0.4, -0.2) is 46.9 Å². The maximum atomic E-state index is 11.9. The molecule has 1 amide bonds. The highest BCUT2D eigenvalue weighted by atomic mass is 16.5. The third-order valence-electron chi connectivity index (χ3n) is 3.74. The summed E-state index contributed by atoms with van der Waals surface area (Å²) in [5, 5.41) is 8.66. The van der Waals surface area contributed by atoms with Gasteiger partial charge in [-0.1, -0.05) is 6.07 Å². The second-order valence-electron chi connectivity index (χ2n) is 5.64. The highest BCUT2D eigenvalue weighted by Crippen LogP contribution is 2.15. The molecule has 8 nitrogen and oxygen atoms in total. The molecule has 0 spiro atoms. The number of nitrogens with one attached hydrogen (secondary N) is 2. The monoisotopic (exact) mass is 329 g/mol. The maximum Gasteiger partial charge on any atom is 0.271 e. The molecule has 8 heteroatoms. The van der Waals surface area contributed by atoms with Gasteiger partial charge in [-0.3, -0.25) is 9.59 Å². The van der Waals surface area contributed by atoms with E-state index in [-0.39, 0.29) is 23.3 Å². The molecule has 1 atom stereocenters. The van der Waals surface area contributed by atoms with E-state index < -0.39 is 0 Å². The molecule has 1 fully saturated rings. The lowest BCUT2D eigenvalue weighted by Crippen LogP contribution is -2.41. The van der Waals surface area contributed by atoms with Crippen LogP contribution in [0.3, 0.4) is 0 Å². The minimum atomic E-state index is -0.350. The minimum absolute atomic E-state index is 0.168. The zero-order valence-corrected chi connectivity index (χ0v) is 13.4. The largest absolute Gasteiger partial charge is 0.375 e. The first-order chi connectivity index (χ1) is 11.6. The number of aromatic amines is 1. The molecule has 0 saturated carbocycles. The zero-order valence-electron chi connectivity index (χ0n) is 13.4. The summed E-state index contributed by atoms with van der Waals surface area (Å²) in [5.74, 6) is 0.555. The van der Waals surface area contributed by atoms with Crippen LogP contribution in [0.25, 0.3) is 0 Å². The Hall–Kier alpha value is -2.74. The Kier molecular flexibility index (Phi) is 4.85. The van der Waals surface area contributed by atoms with Crippen LogP contribution < -0.4 is 15.8 Å². The normalized spacial score (nSPS) is 17.5. The van der Waals surface area contributed by atoms with Crippen molar-refractivity contribution in [1.82, 2.24) is 20.5 Å². The van der Waals surface area contributed by atoms with E-state index in [1.165, 1.54) is 12.1 Å². The highest BCUT2D eigenvalue weighted by Gasteiger charge is 2.17. The van der Waals surface area contributed by atoms with Gasteiger partial charge in [-0.15, -0.1) is 0 Å². The lowest BCUT2D eigenvalue weighted by atomic mass is 10.2. The molecule has 1 aliphatic heterocycles. The van der Waals surface area contributed by atoms with E-state index in [0.29, 0.717) is 13.2 Å². The van der Waals surface area contributed by atoms with Crippen molar-refractivity contribution in [1.29, 1.82) is 0 Å². The number of hydrogen-bond acceptors (Lipinski definition) is 6. The summed E-state index contributed by atoms with van der Waals surface area (Å²) in [5.41, 5.74) is 0.711. The van der Waals surface area contributed by atoms with Crippen LogP contribution in [0.4, 0.5) is 5.82 Å². The van der Waals surface area contributed by atoms with Crippen molar-refractivity contribution in [2.75, 3.05) is 24.6 Å². The Balaban J connectivity index is 1.57. The van der Waals surface area contributed by atoms with E-state index >= 15 is 0 Å². The topological polar surface area (TPSA) is 100 Å². The van der Waals surface area contributed by atoms with Crippen LogP contribution in [0.15, 0.2) is 35.3 Å². The van der Waals surface area contributed by atoms with Gasteiger partial charge in [-0.05, 0) is 24.6 Å². The fraction of sp³-hybridized carbons (Fsp3) is 0.375. The third-order valence-corrected chi connectivity index (χ3v) is 3.74. The molecule has 2 N–H and O–H groups in total. The van der Waals surface area contributed by atoms with Crippen LogP contribution in [0, 0.1) is 0 Å². The number of nitrogens with zero attached hydrogens (tertiary/aromatic N) is 3. The highest BCUT2D eigenvalue weighted by molar-refractivity contribution is 5.91. The first-order valence-corrected chi connectivity index (χ1v) is 7.77. The number of amides is 1. The number of carbonyl (C=O) groups excluding carboxylic acids is 1. The molecular formula is C16H19N5O3. The Morgan fingerprint density at radius 3 is 2.96 bits per heavy atom. The zero-order chi connectivity index (χ0) is 16.9. The van der Waals surface area contributed by atoms with Crippen LogP contribution in [-0.2, 0) is 11.3 Å². The van der Waals surface area contributed by atoms with E-state index in [4.69, 9.17) is 4.74 Å². The van der Waals surface area contributed by atoms with Crippen molar-refractivity contribution in [3.63, 3.8) is 0 Å². The van der Waals surface area contributed by atoms with Crippen molar-refractivity contribution >= 4 is 11.7 Å². The average Bonchev–Trinajstić information content (AvgIpc) is 2.61. The molecule has 24 heavy (non-hydrogen) atoms. The molecule has 1 aliphatic rings. The smallest absolute Gasteiger partial charge is 0.271 e. The number of pyridine rings is 1. The number of morpholine rings is 1. The molecule has 0 bridgehead atoms. The number of H-pyrrole nitrogens is 1. The fourth-order valence-corrected chi connectivity index (χ4v) is 2.48. The van der Waals surface area contributed by atoms with E-state index in [9.17, 15) is 9.59 Å². The molecule has 3 rings (SSSR count). The van der Waals surface area contributed by atoms with Crippen molar-refractivity contribution in [2.45, 2.75) is 19.6 Å². The quantitative estimate of drug-likeness (QED) is 0.838. The second kappa shape index (κ2) is 7.22. The lowest BCUT2D eigenvalue weighted by Gasteiger charge is -2.32. The number of aromatic nitrogens is 3. The predicted molar refractivity (Wildman–Crippen MR) is 87.9 cm³/mol. The van der Waals surface area contributed by atoms with E-state index in [2.05, 4.69) is 25.4 Å². The Bertz CT molecular complexity index is 739. The number of carbonyl (C=O) groups is 1. The first-order valence-electron chi connectivity index (χ1n) is 7.77. The Labute approximate surface area is 138 Å². The average molecular weight is 329 g/mol. The third kappa shape index (κ3) is 3.96. The van der Waals surface area contributed by atoms with Gasteiger partial charge in [0, 0.05) is 31.9 Å². The number of anilines is 1. The Morgan fingerprint density at radius 2 is 2.29 bits per heavy atom. The molecule has 1 saturated heterocycles. The summed E-state index contributed by atoms with van der Waals surface area (Å²) in [6.07, 6.45) is 1.94. The van der Waals surface area contributed by atoms with Gasteiger partial charge >= 0.3 is 0 Å². The number of ether oxygens (including phenoxy) is 1. The maximum absolute atomic E-state index is 11.9. The molecule has 0 aliphatic carbocycles. The fourth-order valence-electron chi connectivity index (χ4n) is 2.48. The van der Waals surface area contributed by atoms with Gasteiger partial charge in [0.1, 0.15) is 11.5 Å². The summed E-state index contributed by atoms with van der Waals surface area (Å²) >= 11 is 0. The molecule has 2 aromatic rings. The van der Waals surface area contributed by atoms with E-state index in [0.717, 1.165) is 24.5 Å². The summed E-state index contributed by atoms with van der Waals surface area (Å²) in [6.45, 7) is 4.73. The lowest BCUT2D eigenvalue weighted by molar-refractivity contribution is 0.0529. The molecule has 0 radical (unpaired) electrons. The summed E-state index contributed by atoms with van der Waals surface area (Å²) in [6, 6.07) is 6.53. The predicted octanol–water partition coefficient (Wildman–Crippen LogP) is 0.320. The van der Waals surface area contributed by atoms with Crippen LogP contribution >= 0.6 is 0 Å². The van der Waals surface area contributed by atoms with Gasteiger partial charge in [0.25, 0.3) is 11.5 Å². The second-order valence-corrected chi connectivity index (χ2v) is 5.64. The molecule has 126 valence electrons. The number of hydrogen-bond donors (Lipinski definition) is 2. The molecule has 2 aromatic heterocycles. The first kappa shape index (κ1) is 16.1. The van der Waals surface area contributed by atoms with E-state index in [1.807, 2.05) is 19.1 Å². The van der Waals surface area contributed by atoms with Gasteiger partial charge in [-0.25, -0.2) is 10.1 Å². The summed E-state index contributed by atoms with van der Waals surface area (Å²) in [7, 11) is 0. The van der Waals surface area contributed by atoms with Crippen molar-refractivity contribution in [3.05, 3.63) is 52.1 Å². The van der Waals surface area contributed by atoms with Gasteiger partial charge in [-0.2, -0.15) is 5.10 Å². The molecule has 3 heterocycles. The Morgan fingerprint density at radius 1 is 1.42 bits per heavy atom. The summed E-state index contributed by atoms with van der Waals surface area (Å²) in [4.78, 5) is 29.5. The minimum Gasteiger partial charge on any atom is -0.375 e. The van der Waals surface area contributed by atoms with Crippen molar-refractivity contribution < 1.29 is 9.53 Å². The number of rotatable bonds is 4. The van der Waals surface area contributed by atoms with E-state index in [1.54, 1.807) is 6.20 Å². The molecule has 0 aromatic carbocycles. The molecule has 1 unspecified atom stereocenters. The molecular weight excluding hydrogens is 310 g/mol. The van der Waals surface area contributed by atoms with Crippen LogP contribution in [0.1, 0.15) is 23.0 Å². The standard InChI is InChI=1S/C16H19N5O3/c1-11-10-21(6-7-24-11)14-4-2-12(8-17-14)9-18-16(23)13-3-5-15(22)20-19-13/h2-5,8,11H,6-7,9-10H2,1H3,(H,18,23)(H,20,22). The summed E-state index contributed by atoms with van der Waals surface area (Å²) < 4.78 is 5.52. The van der Waals surface area contributed by atoms with Crippen molar-refractivity contribution in [3.8, 4) is 0 Å². The van der Waals surface area contributed by atoms with Crippen LogP contribution in [0.5, 0.6) is 0 Å². The van der Waals surface area contributed by atoms with Gasteiger partial charge in [0.05, 0.1) is 12.7 Å². The van der Waals surface area contributed by atoms with Crippen molar-refractivity contribution in [2.24, 2.45) is 0 Å². The SMILES string of the molecule is CC1CN(c2ccc(CNC(=O)c3ccc(=O)[nH]n3)cn2)CCO1.